The van der Waals surface area contributed by atoms with Crippen LogP contribution < -0.4 is 14.8 Å². The molecule has 36 heavy (non-hydrogen) atoms. The van der Waals surface area contributed by atoms with Crippen molar-refractivity contribution < 1.29 is 14.3 Å². The molecule has 0 radical (unpaired) electrons. The van der Waals surface area contributed by atoms with Crippen LogP contribution in [0.25, 0.3) is 0 Å². The molecule has 2 aromatic rings. The predicted octanol–water partition coefficient (Wildman–Crippen LogP) is 3.43. The van der Waals surface area contributed by atoms with Crippen molar-refractivity contribution in [2.75, 3.05) is 55.0 Å². The van der Waals surface area contributed by atoms with Gasteiger partial charge in [0, 0.05) is 50.3 Å². The number of likely N-dealkylation sites (N-methyl/N-ethyl adjacent to an activating group) is 1. The van der Waals surface area contributed by atoms with Gasteiger partial charge in [-0.2, -0.15) is 0 Å². The van der Waals surface area contributed by atoms with E-state index in [2.05, 4.69) is 28.3 Å². The quantitative estimate of drug-likeness (QED) is 0.489. The van der Waals surface area contributed by atoms with Crippen LogP contribution in [0, 0.1) is 0 Å². The first-order valence-electron chi connectivity index (χ1n) is 12.0. The number of hydrogen-bond donors (Lipinski definition) is 1. The normalized spacial score (nSPS) is 19.3. The Hall–Kier alpha value is -3.10. The minimum atomic E-state index is -0.199. The van der Waals surface area contributed by atoms with Gasteiger partial charge in [0.25, 0.3) is 5.91 Å². The minimum absolute atomic E-state index is 0. The molecule has 1 N–H and O–H groups in total. The van der Waals surface area contributed by atoms with Crippen molar-refractivity contribution in [1.29, 1.82) is 0 Å². The Morgan fingerprint density at radius 1 is 1.22 bits per heavy atom. The van der Waals surface area contributed by atoms with Gasteiger partial charge in [-0.25, -0.2) is 0 Å². The second kappa shape index (κ2) is 11.8. The molecule has 0 bridgehead atoms. The van der Waals surface area contributed by atoms with Crippen LogP contribution in [-0.4, -0.2) is 88.4 Å². The average Bonchev–Trinajstić information content (AvgIpc) is 2.86. The molecular weight excluding hydrogens is 478 g/mol. The van der Waals surface area contributed by atoms with Crippen LogP contribution in [0.5, 0.6) is 11.5 Å². The van der Waals surface area contributed by atoms with Crippen molar-refractivity contribution in [2.45, 2.75) is 25.3 Å². The summed E-state index contributed by atoms with van der Waals surface area (Å²) >= 11 is 0. The first kappa shape index (κ1) is 27.5. The van der Waals surface area contributed by atoms with Gasteiger partial charge >= 0.3 is 0 Å². The summed E-state index contributed by atoms with van der Waals surface area (Å²) in [7, 11) is 9.16. The van der Waals surface area contributed by atoms with E-state index in [4.69, 9.17) is 14.5 Å². The largest absolute Gasteiger partial charge is 0.493 e. The SMILES string of the molecule is CCOc1cc2c(cc1OC)C(c1ccc(C(=O)NC(=NC)N(C)C)cc1)=N[C@@H]1CCN(C)C[C@H]21.Cl. The van der Waals surface area contributed by atoms with Crippen LogP contribution >= 0.6 is 12.4 Å². The Balaban J connectivity index is 0.00000361. The number of methoxy groups -OCH3 is 1. The van der Waals surface area contributed by atoms with Crippen LogP contribution in [0.2, 0.25) is 0 Å². The number of likely N-dealkylation sites (tertiary alicyclic amines) is 1. The highest BCUT2D eigenvalue weighted by atomic mass is 35.5. The maximum Gasteiger partial charge on any atom is 0.257 e. The van der Waals surface area contributed by atoms with Gasteiger partial charge in [-0.1, -0.05) is 12.1 Å². The molecule has 4 rings (SSSR count). The Morgan fingerprint density at radius 2 is 1.94 bits per heavy atom. The highest BCUT2D eigenvalue weighted by Gasteiger charge is 2.36. The third-order valence-electron chi connectivity index (χ3n) is 6.65. The fraction of sp³-hybridized carbons (Fsp3) is 0.444. The number of nitrogens with one attached hydrogen (secondary N) is 1. The number of carbonyl (C=O) groups excluding carboxylic acids is 1. The van der Waals surface area contributed by atoms with Crippen LogP contribution in [0.3, 0.4) is 0 Å². The number of ether oxygens (including phenoxy) is 2. The van der Waals surface area contributed by atoms with Crippen molar-refractivity contribution in [3.05, 3.63) is 58.7 Å². The lowest BCUT2D eigenvalue weighted by atomic mass is 9.79. The van der Waals surface area contributed by atoms with E-state index in [-0.39, 0.29) is 24.4 Å². The monoisotopic (exact) mass is 513 g/mol. The summed E-state index contributed by atoms with van der Waals surface area (Å²) in [6.07, 6.45) is 1.00. The molecule has 0 spiro atoms. The first-order valence-corrected chi connectivity index (χ1v) is 12.0. The molecule has 1 saturated heterocycles. The summed E-state index contributed by atoms with van der Waals surface area (Å²) in [6.45, 7) is 4.53. The zero-order valence-corrected chi connectivity index (χ0v) is 22.7. The lowest BCUT2D eigenvalue weighted by molar-refractivity contribution is 0.0973. The molecule has 2 aromatic carbocycles. The average molecular weight is 514 g/mol. The maximum absolute atomic E-state index is 12.7. The van der Waals surface area contributed by atoms with Crippen molar-refractivity contribution >= 4 is 30.0 Å². The minimum Gasteiger partial charge on any atom is -0.493 e. The number of aliphatic imine (C=N–C) groups is 2. The predicted molar refractivity (Wildman–Crippen MR) is 147 cm³/mol. The van der Waals surface area contributed by atoms with Gasteiger partial charge < -0.3 is 19.3 Å². The van der Waals surface area contributed by atoms with Gasteiger partial charge in [0.1, 0.15) is 0 Å². The Bertz CT molecular complexity index is 1150. The Morgan fingerprint density at radius 3 is 2.56 bits per heavy atom. The highest BCUT2D eigenvalue weighted by molar-refractivity contribution is 6.15. The van der Waals surface area contributed by atoms with E-state index in [0.29, 0.717) is 29.8 Å². The van der Waals surface area contributed by atoms with Gasteiger partial charge in [0.15, 0.2) is 17.5 Å². The van der Waals surface area contributed by atoms with E-state index in [1.54, 1.807) is 19.1 Å². The third kappa shape index (κ3) is 5.50. The fourth-order valence-corrected chi connectivity index (χ4v) is 4.86. The van der Waals surface area contributed by atoms with Gasteiger partial charge in [-0.15, -0.1) is 12.4 Å². The van der Waals surface area contributed by atoms with E-state index in [0.717, 1.165) is 42.1 Å². The van der Waals surface area contributed by atoms with Gasteiger partial charge in [-0.3, -0.25) is 20.1 Å². The van der Waals surface area contributed by atoms with Crippen LogP contribution in [0.4, 0.5) is 0 Å². The first-order chi connectivity index (χ1) is 16.9. The molecule has 2 heterocycles. The molecule has 1 amide bonds. The Kier molecular flexibility index (Phi) is 8.98. The van der Waals surface area contributed by atoms with Gasteiger partial charge in [0.2, 0.25) is 0 Å². The molecule has 194 valence electrons. The number of fused-ring (bicyclic) bond motifs is 3. The summed E-state index contributed by atoms with van der Waals surface area (Å²) in [5.41, 5.74) is 4.78. The number of benzene rings is 2. The summed E-state index contributed by atoms with van der Waals surface area (Å²) < 4.78 is 11.6. The number of rotatable bonds is 5. The van der Waals surface area contributed by atoms with E-state index < -0.39 is 0 Å². The molecule has 2 aliphatic heterocycles. The number of hydrogen-bond acceptors (Lipinski definition) is 6. The second-order valence-electron chi connectivity index (χ2n) is 9.20. The van der Waals surface area contributed by atoms with Gasteiger partial charge in [0.05, 0.1) is 25.5 Å². The van der Waals surface area contributed by atoms with Gasteiger partial charge in [-0.05, 0) is 56.8 Å². The van der Waals surface area contributed by atoms with E-state index in [1.807, 2.05) is 51.4 Å². The molecular formula is C27H36ClN5O3. The number of carbonyl (C=O) groups is 1. The zero-order valence-electron chi connectivity index (χ0n) is 21.9. The lowest BCUT2D eigenvalue weighted by Crippen LogP contribution is -2.42. The molecule has 0 aliphatic carbocycles. The van der Waals surface area contributed by atoms with Crippen LogP contribution in [-0.2, 0) is 0 Å². The highest BCUT2D eigenvalue weighted by Crippen LogP contribution is 2.42. The summed E-state index contributed by atoms with van der Waals surface area (Å²) in [5, 5.41) is 2.84. The number of halogens is 1. The number of nitrogens with zero attached hydrogens (tertiary/aromatic N) is 4. The summed E-state index contributed by atoms with van der Waals surface area (Å²) in [4.78, 5) is 26.2. The van der Waals surface area contributed by atoms with Crippen LogP contribution in [0.15, 0.2) is 46.4 Å². The molecule has 0 unspecified atom stereocenters. The van der Waals surface area contributed by atoms with E-state index in [9.17, 15) is 4.79 Å². The number of guanidine groups is 1. The molecule has 2 aliphatic rings. The maximum atomic E-state index is 12.7. The second-order valence-corrected chi connectivity index (χ2v) is 9.20. The van der Waals surface area contributed by atoms with Crippen LogP contribution in [0.1, 0.15) is 46.3 Å². The van der Waals surface area contributed by atoms with Crippen molar-refractivity contribution in [1.82, 2.24) is 15.1 Å². The van der Waals surface area contributed by atoms with E-state index in [1.165, 1.54) is 5.56 Å². The van der Waals surface area contributed by atoms with E-state index >= 15 is 0 Å². The topological polar surface area (TPSA) is 78.8 Å². The fourth-order valence-electron chi connectivity index (χ4n) is 4.86. The number of amides is 1. The smallest absolute Gasteiger partial charge is 0.257 e. The molecule has 8 nitrogen and oxygen atoms in total. The molecule has 2 atom stereocenters. The lowest BCUT2D eigenvalue weighted by Gasteiger charge is -2.39. The van der Waals surface area contributed by atoms with Crippen molar-refractivity contribution in [3.63, 3.8) is 0 Å². The molecule has 1 fully saturated rings. The molecule has 9 heteroatoms. The standard InChI is InChI=1S/C27H35N5O3.ClH/c1-7-35-24-14-19-20(15-23(24)34-6)25(29-22-12-13-32(5)16-21(19)22)17-8-10-18(11-9-17)26(33)30-27(28-2)31(3)4;/h8-11,14-15,21-22H,7,12-13,16H2,1-6H3,(H,28,30,33);1H/t21-,22-;/m1./s1. The zero-order chi connectivity index (χ0) is 25.1. The van der Waals surface area contributed by atoms with Crippen molar-refractivity contribution in [2.24, 2.45) is 9.98 Å². The number of piperidine rings is 1. The third-order valence-corrected chi connectivity index (χ3v) is 6.65. The summed E-state index contributed by atoms with van der Waals surface area (Å²) in [6, 6.07) is 12.0. The van der Waals surface area contributed by atoms with Crippen molar-refractivity contribution in [3.8, 4) is 11.5 Å². The summed E-state index contributed by atoms with van der Waals surface area (Å²) in [5.74, 6) is 2.08. The molecule has 0 saturated carbocycles. The molecule has 0 aromatic heterocycles. The Labute approximate surface area is 219 Å².